The second-order valence-corrected chi connectivity index (χ2v) is 6.92. The Morgan fingerprint density at radius 2 is 1.57 bits per heavy atom. The van der Waals surface area contributed by atoms with Crippen molar-refractivity contribution in [2.75, 3.05) is 6.54 Å². The molecule has 0 aliphatic heterocycles. The van der Waals surface area contributed by atoms with Crippen LogP contribution in [0.4, 0.5) is 4.79 Å². The third-order valence-corrected chi connectivity index (χ3v) is 1.87. The minimum atomic E-state index is -0.824. The number of ether oxygens (including phenoxy) is 2. The maximum atomic E-state index is 12.0. The zero-order valence-electron chi connectivity index (χ0n) is 14.3. The van der Waals surface area contributed by atoms with Crippen molar-refractivity contribution in [3.8, 4) is 0 Å². The Labute approximate surface area is 127 Å². The predicted molar refractivity (Wildman–Crippen MR) is 80.6 cm³/mol. The fourth-order valence-corrected chi connectivity index (χ4v) is 1.12. The highest BCUT2D eigenvalue weighted by molar-refractivity contribution is 5.71. The van der Waals surface area contributed by atoms with E-state index in [-0.39, 0.29) is 6.54 Å². The van der Waals surface area contributed by atoms with Gasteiger partial charge in [-0.25, -0.2) is 4.79 Å². The SMILES string of the molecule is CC(C)=CCN(/N=C(\[O-])OC(C)(C)C)C(=O)OC(C)(C)C. The second-order valence-electron chi connectivity index (χ2n) is 6.92. The van der Waals surface area contributed by atoms with Crippen LogP contribution in [0.2, 0.25) is 0 Å². The summed E-state index contributed by atoms with van der Waals surface area (Å²) in [6, 6.07) is 0. The van der Waals surface area contributed by atoms with Gasteiger partial charge in [-0.2, -0.15) is 10.1 Å². The molecule has 0 aliphatic carbocycles. The van der Waals surface area contributed by atoms with Crippen molar-refractivity contribution < 1.29 is 19.4 Å². The van der Waals surface area contributed by atoms with E-state index in [0.29, 0.717) is 0 Å². The number of hydrogen-bond donors (Lipinski definition) is 0. The highest BCUT2D eigenvalue weighted by Crippen LogP contribution is 2.12. The molecule has 0 unspecified atom stereocenters. The van der Waals surface area contributed by atoms with E-state index in [1.54, 1.807) is 47.6 Å². The van der Waals surface area contributed by atoms with Gasteiger partial charge in [-0.3, -0.25) is 0 Å². The minimum Gasteiger partial charge on any atom is -0.593 e. The lowest BCUT2D eigenvalue weighted by Gasteiger charge is -2.31. The van der Waals surface area contributed by atoms with Crippen LogP contribution < -0.4 is 5.11 Å². The summed E-state index contributed by atoms with van der Waals surface area (Å²) >= 11 is 0. The van der Waals surface area contributed by atoms with E-state index in [1.165, 1.54) is 0 Å². The van der Waals surface area contributed by atoms with Gasteiger partial charge in [0.1, 0.15) is 5.60 Å². The molecule has 0 bridgehead atoms. The van der Waals surface area contributed by atoms with Gasteiger partial charge in [0.15, 0.2) is 6.08 Å². The average molecular weight is 299 g/mol. The summed E-state index contributed by atoms with van der Waals surface area (Å²) in [5, 5.41) is 16.4. The van der Waals surface area contributed by atoms with Crippen LogP contribution in [0, 0.1) is 0 Å². The molecule has 0 fully saturated rings. The molecule has 0 atom stereocenters. The molecule has 0 aromatic carbocycles. The van der Waals surface area contributed by atoms with Gasteiger partial charge in [-0.05, 0) is 34.6 Å². The molecule has 6 nitrogen and oxygen atoms in total. The molecule has 0 rings (SSSR count). The maximum absolute atomic E-state index is 12.0. The van der Waals surface area contributed by atoms with Gasteiger partial charge >= 0.3 is 6.09 Å². The van der Waals surface area contributed by atoms with Crippen LogP contribution in [0.25, 0.3) is 0 Å². The Morgan fingerprint density at radius 3 is 1.95 bits per heavy atom. The predicted octanol–water partition coefficient (Wildman–Crippen LogP) is 2.64. The molecule has 0 aromatic rings. The Hall–Kier alpha value is -1.72. The van der Waals surface area contributed by atoms with Crippen molar-refractivity contribution in [2.24, 2.45) is 5.10 Å². The Balaban J connectivity index is 5.10. The first kappa shape index (κ1) is 19.3. The quantitative estimate of drug-likeness (QED) is 0.347. The van der Waals surface area contributed by atoms with E-state index in [9.17, 15) is 9.90 Å². The molecule has 0 radical (unpaired) electrons. The van der Waals surface area contributed by atoms with Crippen LogP contribution in [-0.4, -0.2) is 34.9 Å². The standard InChI is InChI=1S/C15H28N2O4/c1-11(2)9-10-17(13(19)21-15(6,7)8)16-12(18)20-14(3,4)5/h9H,10H2,1-8H3,(H,16,18)/p-1. The van der Waals surface area contributed by atoms with Gasteiger partial charge in [-0.1, -0.05) is 32.4 Å². The van der Waals surface area contributed by atoms with Crippen molar-refractivity contribution in [3.63, 3.8) is 0 Å². The number of amides is 1. The third-order valence-electron chi connectivity index (χ3n) is 1.87. The van der Waals surface area contributed by atoms with Crippen LogP contribution >= 0.6 is 0 Å². The summed E-state index contributed by atoms with van der Waals surface area (Å²) in [7, 11) is 0. The molecule has 0 heterocycles. The van der Waals surface area contributed by atoms with Crippen molar-refractivity contribution >= 4 is 12.2 Å². The van der Waals surface area contributed by atoms with E-state index in [1.807, 2.05) is 13.8 Å². The lowest BCUT2D eigenvalue weighted by Crippen LogP contribution is -2.38. The van der Waals surface area contributed by atoms with Crippen LogP contribution in [-0.2, 0) is 9.47 Å². The number of carbonyl (C=O) groups is 1. The average Bonchev–Trinajstić information content (AvgIpc) is 2.18. The van der Waals surface area contributed by atoms with Crippen LogP contribution in [0.5, 0.6) is 0 Å². The molecular weight excluding hydrogens is 272 g/mol. The Kier molecular flexibility index (Phi) is 6.73. The summed E-state index contributed by atoms with van der Waals surface area (Å²) in [6.45, 7) is 14.4. The number of hydrazone groups is 1. The highest BCUT2D eigenvalue weighted by Gasteiger charge is 2.21. The Bertz CT molecular complexity index is 410. The van der Waals surface area contributed by atoms with Crippen molar-refractivity contribution in [1.29, 1.82) is 0 Å². The van der Waals surface area contributed by atoms with Crippen LogP contribution in [0.15, 0.2) is 16.8 Å². The Morgan fingerprint density at radius 1 is 1.10 bits per heavy atom. The highest BCUT2D eigenvalue weighted by atomic mass is 16.6. The molecular formula is C15H27N2O4-. The molecule has 0 saturated heterocycles. The molecule has 0 spiro atoms. The first-order valence-corrected chi connectivity index (χ1v) is 6.89. The second kappa shape index (κ2) is 7.33. The molecule has 0 saturated carbocycles. The number of nitrogens with zero attached hydrogens (tertiary/aromatic N) is 2. The molecule has 0 aromatic heterocycles. The summed E-state index contributed by atoms with van der Waals surface area (Å²) in [5.41, 5.74) is -0.330. The largest absolute Gasteiger partial charge is 0.593 e. The molecule has 6 heteroatoms. The minimum absolute atomic E-state index is 0.149. The van der Waals surface area contributed by atoms with E-state index in [2.05, 4.69) is 5.10 Å². The first-order chi connectivity index (χ1) is 9.30. The third kappa shape index (κ3) is 10.7. The lowest BCUT2D eigenvalue weighted by atomic mass is 10.2. The van der Waals surface area contributed by atoms with Crippen molar-refractivity contribution in [3.05, 3.63) is 11.6 Å². The van der Waals surface area contributed by atoms with Gasteiger partial charge in [-0.15, -0.1) is 0 Å². The summed E-state index contributed by atoms with van der Waals surface area (Å²) < 4.78 is 10.3. The molecule has 0 N–H and O–H groups in total. The topological polar surface area (TPSA) is 74.2 Å². The molecule has 1 amide bonds. The van der Waals surface area contributed by atoms with Gasteiger partial charge in [0, 0.05) is 5.60 Å². The van der Waals surface area contributed by atoms with Gasteiger partial charge in [0.2, 0.25) is 0 Å². The summed E-state index contributed by atoms with van der Waals surface area (Å²) in [5.74, 6) is 0. The lowest BCUT2D eigenvalue weighted by molar-refractivity contribution is -0.262. The van der Waals surface area contributed by atoms with Gasteiger partial charge in [0.05, 0.1) is 6.54 Å². The zero-order valence-corrected chi connectivity index (χ0v) is 14.3. The van der Waals surface area contributed by atoms with E-state index >= 15 is 0 Å². The van der Waals surface area contributed by atoms with Crippen LogP contribution in [0.1, 0.15) is 55.4 Å². The zero-order chi connectivity index (χ0) is 16.8. The monoisotopic (exact) mass is 299 g/mol. The van der Waals surface area contributed by atoms with Crippen molar-refractivity contribution in [1.82, 2.24) is 5.01 Å². The number of rotatable bonds is 3. The first-order valence-electron chi connectivity index (χ1n) is 6.89. The molecule has 122 valence electrons. The molecule has 0 aliphatic rings. The number of hydrogen-bond acceptors (Lipinski definition) is 5. The normalized spacial score (nSPS) is 12.7. The van der Waals surface area contributed by atoms with Crippen LogP contribution in [0.3, 0.4) is 0 Å². The van der Waals surface area contributed by atoms with Gasteiger partial charge < -0.3 is 14.6 Å². The van der Waals surface area contributed by atoms with Crippen molar-refractivity contribution in [2.45, 2.75) is 66.6 Å². The summed E-state index contributed by atoms with van der Waals surface area (Å²) in [6.07, 6.45) is 0.263. The fraction of sp³-hybridized carbons (Fsp3) is 0.733. The maximum Gasteiger partial charge on any atom is 0.431 e. The number of carbonyl (C=O) groups excluding carboxylic acids is 1. The fourth-order valence-electron chi connectivity index (χ4n) is 1.12. The van der Waals surface area contributed by atoms with E-state index in [0.717, 1.165) is 10.6 Å². The summed E-state index contributed by atoms with van der Waals surface area (Å²) in [4.78, 5) is 12.0. The van der Waals surface area contributed by atoms with Gasteiger partial charge in [0.25, 0.3) is 0 Å². The molecule has 21 heavy (non-hydrogen) atoms. The number of allylic oxidation sites excluding steroid dienone is 1. The smallest absolute Gasteiger partial charge is 0.431 e. The van der Waals surface area contributed by atoms with E-state index < -0.39 is 23.4 Å². The van der Waals surface area contributed by atoms with E-state index in [4.69, 9.17) is 9.47 Å².